The van der Waals surface area contributed by atoms with Gasteiger partial charge in [0.15, 0.2) is 0 Å². The van der Waals surface area contributed by atoms with Crippen LogP contribution in [0.25, 0.3) is 0 Å². The molecule has 4 amide bonds. The zero-order chi connectivity index (χ0) is 21.8. The van der Waals surface area contributed by atoms with E-state index in [9.17, 15) is 14.4 Å². The number of nitrogens with zero attached hydrogens (tertiary/aromatic N) is 1. The fraction of sp³-hybridized carbons (Fsp3) is 0.640. The molecule has 31 heavy (non-hydrogen) atoms. The van der Waals surface area contributed by atoms with Crippen LogP contribution in [-0.2, 0) is 15.1 Å². The van der Waals surface area contributed by atoms with Crippen LogP contribution < -0.4 is 10.6 Å². The SMILES string of the molecule is CC[C@]1(c2ccccc2)NC(=O)N(CC(=O)N[C@@H](C)C23CC4CC(CC(C4)C2)C3)C1=O. The van der Waals surface area contributed by atoms with E-state index in [-0.39, 0.29) is 29.8 Å². The summed E-state index contributed by atoms with van der Waals surface area (Å²) >= 11 is 0. The Morgan fingerprint density at radius 1 is 1.10 bits per heavy atom. The summed E-state index contributed by atoms with van der Waals surface area (Å²) in [6, 6.07) is 8.86. The van der Waals surface area contributed by atoms with Crippen molar-refractivity contribution in [3.63, 3.8) is 0 Å². The zero-order valence-corrected chi connectivity index (χ0v) is 18.5. The van der Waals surface area contributed by atoms with Gasteiger partial charge in [-0.05, 0) is 80.6 Å². The average Bonchev–Trinajstić information content (AvgIpc) is 2.98. The second-order valence-electron chi connectivity index (χ2n) is 10.5. The fourth-order valence-corrected chi connectivity index (χ4v) is 7.42. The molecule has 6 heteroatoms. The van der Waals surface area contributed by atoms with Crippen molar-refractivity contribution >= 4 is 17.8 Å². The number of hydrogen-bond donors (Lipinski definition) is 2. The lowest BCUT2D eigenvalue weighted by molar-refractivity contribution is -0.136. The van der Waals surface area contributed by atoms with E-state index >= 15 is 0 Å². The Kier molecular flexibility index (Phi) is 4.87. The maximum atomic E-state index is 13.3. The molecule has 6 nitrogen and oxygen atoms in total. The number of nitrogens with one attached hydrogen (secondary N) is 2. The zero-order valence-electron chi connectivity index (χ0n) is 18.5. The molecule has 5 aliphatic rings. The Labute approximate surface area is 184 Å². The third kappa shape index (κ3) is 3.26. The number of hydrogen-bond acceptors (Lipinski definition) is 3. The quantitative estimate of drug-likeness (QED) is 0.687. The fourth-order valence-electron chi connectivity index (χ4n) is 7.42. The summed E-state index contributed by atoms with van der Waals surface area (Å²) in [7, 11) is 0. The molecule has 6 rings (SSSR count). The van der Waals surface area contributed by atoms with Gasteiger partial charge in [0.2, 0.25) is 5.91 Å². The van der Waals surface area contributed by atoms with Crippen molar-refractivity contribution in [2.24, 2.45) is 23.2 Å². The number of carbonyl (C=O) groups excluding carboxylic acids is 3. The number of urea groups is 1. The molecule has 166 valence electrons. The first-order valence-electron chi connectivity index (χ1n) is 11.8. The Morgan fingerprint density at radius 2 is 1.68 bits per heavy atom. The van der Waals surface area contributed by atoms with E-state index in [0.717, 1.165) is 28.2 Å². The van der Waals surface area contributed by atoms with Crippen molar-refractivity contribution in [2.75, 3.05) is 6.54 Å². The maximum absolute atomic E-state index is 13.3. The first-order valence-corrected chi connectivity index (χ1v) is 11.8. The van der Waals surface area contributed by atoms with Crippen molar-refractivity contribution in [3.05, 3.63) is 35.9 Å². The molecule has 2 atom stereocenters. The van der Waals surface area contributed by atoms with Gasteiger partial charge < -0.3 is 10.6 Å². The molecule has 0 unspecified atom stereocenters. The second-order valence-corrected chi connectivity index (χ2v) is 10.5. The van der Waals surface area contributed by atoms with Crippen molar-refractivity contribution in [2.45, 2.75) is 70.4 Å². The predicted molar refractivity (Wildman–Crippen MR) is 117 cm³/mol. The third-order valence-electron chi connectivity index (χ3n) is 8.66. The highest BCUT2D eigenvalue weighted by Gasteiger charge is 2.54. The van der Waals surface area contributed by atoms with Gasteiger partial charge in [-0.15, -0.1) is 0 Å². The number of rotatable bonds is 6. The molecule has 5 fully saturated rings. The number of benzene rings is 1. The smallest absolute Gasteiger partial charge is 0.325 e. The van der Waals surface area contributed by atoms with Crippen molar-refractivity contribution in [3.8, 4) is 0 Å². The molecular formula is C25H33N3O3. The summed E-state index contributed by atoms with van der Waals surface area (Å²) in [4.78, 5) is 40.0. The normalized spacial score (nSPS) is 37.1. The molecule has 0 aromatic heterocycles. The summed E-state index contributed by atoms with van der Waals surface area (Å²) < 4.78 is 0. The van der Waals surface area contributed by atoms with E-state index in [0.29, 0.717) is 6.42 Å². The van der Waals surface area contributed by atoms with Gasteiger partial charge in [0, 0.05) is 6.04 Å². The van der Waals surface area contributed by atoms with E-state index in [2.05, 4.69) is 17.6 Å². The van der Waals surface area contributed by atoms with Crippen LogP contribution in [0.2, 0.25) is 0 Å². The van der Waals surface area contributed by atoms with E-state index < -0.39 is 11.6 Å². The minimum atomic E-state index is -1.09. The molecule has 4 aliphatic carbocycles. The molecule has 1 aliphatic heterocycles. The molecular weight excluding hydrogens is 390 g/mol. The third-order valence-corrected chi connectivity index (χ3v) is 8.66. The van der Waals surface area contributed by atoms with E-state index in [4.69, 9.17) is 0 Å². The number of imide groups is 1. The topological polar surface area (TPSA) is 78.5 Å². The molecule has 1 aromatic carbocycles. The second kappa shape index (κ2) is 7.35. The van der Waals surface area contributed by atoms with Gasteiger partial charge in [0.1, 0.15) is 12.1 Å². The lowest BCUT2D eigenvalue weighted by Gasteiger charge is -2.59. The van der Waals surface area contributed by atoms with Gasteiger partial charge in [-0.2, -0.15) is 0 Å². The minimum Gasteiger partial charge on any atom is -0.352 e. The molecule has 4 saturated carbocycles. The van der Waals surface area contributed by atoms with Gasteiger partial charge in [0.05, 0.1) is 0 Å². The molecule has 1 heterocycles. The lowest BCUT2D eigenvalue weighted by Crippen LogP contribution is -2.57. The van der Waals surface area contributed by atoms with Crippen molar-refractivity contribution in [1.29, 1.82) is 0 Å². The Morgan fingerprint density at radius 3 is 2.23 bits per heavy atom. The summed E-state index contributed by atoms with van der Waals surface area (Å²) in [5.41, 5.74) is -0.149. The molecule has 1 saturated heterocycles. The molecule has 1 aromatic rings. The Bertz CT molecular complexity index is 863. The van der Waals surface area contributed by atoms with Crippen LogP contribution in [0, 0.1) is 23.2 Å². The summed E-state index contributed by atoms with van der Waals surface area (Å²) in [6.07, 6.45) is 8.13. The summed E-state index contributed by atoms with van der Waals surface area (Å²) in [5.74, 6) is 1.85. The van der Waals surface area contributed by atoms with Crippen LogP contribution in [0.5, 0.6) is 0 Å². The van der Waals surface area contributed by atoms with Gasteiger partial charge in [-0.1, -0.05) is 37.3 Å². The Hall–Kier alpha value is -2.37. The van der Waals surface area contributed by atoms with Gasteiger partial charge in [-0.3, -0.25) is 14.5 Å². The molecule has 4 bridgehead atoms. The average molecular weight is 424 g/mol. The minimum absolute atomic E-state index is 0.0687. The molecule has 0 spiro atoms. The summed E-state index contributed by atoms with van der Waals surface area (Å²) in [6.45, 7) is 3.77. The number of amides is 4. The van der Waals surface area contributed by atoms with Crippen LogP contribution in [0.1, 0.15) is 64.4 Å². The highest BCUT2D eigenvalue weighted by Crippen LogP contribution is 2.61. The van der Waals surface area contributed by atoms with E-state index in [1.165, 1.54) is 38.5 Å². The van der Waals surface area contributed by atoms with Crippen LogP contribution in [0.3, 0.4) is 0 Å². The van der Waals surface area contributed by atoms with Crippen LogP contribution >= 0.6 is 0 Å². The van der Waals surface area contributed by atoms with Gasteiger partial charge in [0.25, 0.3) is 5.91 Å². The standard InChI is InChI=1S/C25H33N3O3/c1-3-25(20-7-5-4-6-8-20)22(30)28(23(31)27-25)15-21(29)26-16(2)24-12-17-9-18(13-24)11-19(10-17)14-24/h4-8,16-19H,3,9-15H2,1-2H3,(H,26,29)(H,27,31)/t16-,17?,18?,19?,24?,25+/m0/s1. The first-order chi connectivity index (χ1) is 14.8. The van der Waals surface area contributed by atoms with Gasteiger partial charge in [-0.25, -0.2) is 4.79 Å². The van der Waals surface area contributed by atoms with Crippen LogP contribution in [0.15, 0.2) is 30.3 Å². The van der Waals surface area contributed by atoms with Gasteiger partial charge >= 0.3 is 6.03 Å². The van der Waals surface area contributed by atoms with Crippen LogP contribution in [0.4, 0.5) is 4.79 Å². The van der Waals surface area contributed by atoms with Crippen LogP contribution in [-0.4, -0.2) is 35.3 Å². The highest BCUT2D eigenvalue weighted by molar-refractivity contribution is 6.09. The molecule has 2 N–H and O–H groups in total. The monoisotopic (exact) mass is 423 g/mol. The first kappa shape index (κ1) is 20.5. The maximum Gasteiger partial charge on any atom is 0.325 e. The molecule has 0 radical (unpaired) electrons. The van der Waals surface area contributed by atoms with Crippen molar-refractivity contribution < 1.29 is 14.4 Å². The van der Waals surface area contributed by atoms with E-state index in [1.54, 1.807) is 0 Å². The highest BCUT2D eigenvalue weighted by atomic mass is 16.2. The van der Waals surface area contributed by atoms with E-state index in [1.807, 2.05) is 37.3 Å². The summed E-state index contributed by atoms with van der Waals surface area (Å²) in [5, 5.41) is 6.04. The van der Waals surface area contributed by atoms with Crippen molar-refractivity contribution in [1.82, 2.24) is 15.5 Å². The largest absolute Gasteiger partial charge is 0.352 e. The lowest BCUT2D eigenvalue weighted by atomic mass is 9.48. The Balaban J connectivity index is 1.27. The number of carbonyl (C=O) groups is 3. The predicted octanol–water partition coefficient (Wildman–Crippen LogP) is 3.56.